The molecule has 2 aliphatic rings. The number of fused-ring (bicyclic) bond motifs is 1. The molecule has 1 saturated carbocycles. The van der Waals surface area contributed by atoms with Crippen LogP contribution in [0, 0.1) is 22.8 Å². The minimum Gasteiger partial charge on any atom is -0.480 e. The van der Waals surface area contributed by atoms with E-state index >= 15 is 0 Å². The molecule has 1 aliphatic heterocycles. The van der Waals surface area contributed by atoms with Gasteiger partial charge in [0.2, 0.25) is 6.19 Å². The van der Waals surface area contributed by atoms with E-state index in [0.717, 1.165) is 48.1 Å². The van der Waals surface area contributed by atoms with E-state index in [4.69, 9.17) is 14.7 Å². The Morgan fingerprint density at radius 1 is 1.11 bits per heavy atom. The van der Waals surface area contributed by atoms with Crippen LogP contribution in [0.2, 0.25) is 0 Å². The molecule has 1 aliphatic carbocycles. The molecule has 5 heteroatoms. The highest BCUT2D eigenvalue weighted by atomic mass is 16.5. The monoisotopic (exact) mass is 357 g/mol. The van der Waals surface area contributed by atoms with Gasteiger partial charge in [0.15, 0.2) is 5.60 Å². The van der Waals surface area contributed by atoms with Crippen LogP contribution in [0.1, 0.15) is 36.8 Å². The third kappa shape index (κ3) is 2.97. The maximum absolute atomic E-state index is 9.27. The van der Waals surface area contributed by atoms with E-state index < -0.39 is 5.60 Å². The lowest BCUT2D eigenvalue weighted by Crippen LogP contribution is -2.45. The van der Waals surface area contributed by atoms with Gasteiger partial charge in [0.1, 0.15) is 11.5 Å². The smallest absolute Gasteiger partial charge is 0.206 e. The summed E-state index contributed by atoms with van der Waals surface area (Å²) in [5, 5.41) is 18.4. The number of aliphatic imine (C=N–C) groups is 1. The molecule has 1 spiro atoms. The number of hydrogen-bond acceptors (Lipinski definition) is 5. The summed E-state index contributed by atoms with van der Waals surface area (Å²) < 4.78 is 11.8. The average Bonchev–Trinajstić information content (AvgIpc) is 3.01. The molecule has 1 fully saturated rings. The maximum atomic E-state index is 9.27. The van der Waals surface area contributed by atoms with Gasteiger partial charge in [0.25, 0.3) is 0 Å². The molecule has 0 atom stereocenters. The van der Waals surface area contributed by atoms with Crippen LogP contribution >= 0.6 is 0 Å². The summed E-state index contributed by atoms with van der Waals surface area (Å²) in [6, 6.07) is 15.6. The van der Waals surface area contributed by atoms with E-state index in [0.29, 0.717) is 11.3 Å². The zero-order valence-corrected chi connectivity index (χ0v) is 15.1. The molecule has 27 heavy (non-hydrogen) atoms. The van der Waals surface area contributed by atoms with Gasteiger partial charge in [-0.1, -0.05) is 18.2 Å². The topological polar surface area (TPSA) is 78.4 Å². The van der Waals surface area contributed by atoms with Gasteiger partial charge < -0.3 is 9.47 Å². The van der Waals surface area contributed by atoms with Crippen LogP contribution < -0.4 is 4.74 Å². The van der Waals surface area contributed by atoms with Crippen LogP contribution in [-0.4, -0.2) is 24.5 Å². The fourth-order valence-corrected chi connectivity index (χ4v) is 4.10. The van der Waals surface area contributed by atoms with Crippen LogP contribution in [-0.2, 0) is 4.74 Å². The Morgan fingerprint density at radius 3 is 2.59 bits per heavy atom. The fraction of sp³-hybridized carbons (Fsp3) is 0.318. The second-order valence-corrected chi connectivity index (χ2v) is 7.00. The summed E-state index contributed by atoms with van der Waals surface area (Å²) in [5.74, 6) is 0.764. The highest BCUT2D eigenvalue weighted by Crippen LogP contribution is 2.45. The van der Waals surface area contributed by atoms with Gasteiger partial charge in [-0.25, -0.2) is 0 Å². The molecule has 2 aromatic carbocycles. The van der Waals surface area contributed by atoms with E-state index in [-0.39, 0.29) is 6.10 Å². The number of hydrogen-bond donors (Lipinski definition) is 0. The van der Waals surface area contributed by atoms with E-state index in [1.54, 1.807) is 13.2 Å². The Bertz CT molecular complexity index is 989. The number of nitrogens with zero attached hydrogens (tertiary/aromatic N) is 3. The predicted molar refractivity (Wildman–Crippen MR) is 101 cm³/mol. The Kier molecular flexibility index (Phi) is 4.39. The number of methoxy groups -OCH3 is 1. The largest absolute Gasteiger partial charge is 0.480 e. The molecular formula is C22H19N3O2. The van der Waals surface area contributed by atoms with Crippen molar-refractivity contribution in [1.82, 2.24) is 0 Å². The molecule has 0 aromatic heterocycles. The molecule has 0 saturated heterocycles. The fourth-order valence-electron chi connectivity index (χ4n) is 4.10. The lowest BCUT2D eigenvalue weighted by atomic mass is 9.79. The summed E-state index contributed by atoms with van der Waals surface area (Å²) in [6.45, 7) is 0. The van der Waals surface area contributed by atoms with E-state index in [1.807, 2.05) is 42.6 Å². The van der Waals surface area contributed by atoms with Crippen LogP contribution in [0.3, 0.4) is 0 Å². The number of ether oxygens (including phenoxy) is 2. The first kappa shape index (κ1) is 17.3. The minimum atomic E-state index is -0.541. The summed E-state index contributed by atoms with van der Waals surface area (Å²) in [6.07, 6.45) is 5.51. The van der Waals surface area contributed by atoms with Crippen molar-refractivity contribution in [1.29, 1.82) is 10.5 Å². The van der Waals surface area contributed by atoms with E-state index in [2.05, 4.69) is 11.1 Å². The molecular weight excluding hydrogens is 338 g/mol. The number of rotatable bonds is 2. The lowest BCUT2D eigenvalue weighted by Gasteiger charge is -2.36. The van der Waals surface area contributed by atoms with Gasteiger partial charge in [-0.15, -0.1) is 0 Å². The normalized spacial score (nSPS) is 24.9. The quantitative estimate of drug-likeness (QED) is 0.754. The van der Waals surface area contributed by atoms with Crippen LogP contribution in [0.25, 0.3) is 11.1 Å². The first-order valence-electron chi connectivity index (χ1n) is 9.03. The van der Waals surface area contributed by atoms with Crippen molar-refractivity contribution in [3.8, 4) is 29.1 Å². The molecule has 0 amide bonds. The molecule has 4 rings (SSSR count). The Labute approximate surface area is 158 Å². The Morgan fingerprint density at radius 2 is 1.89 bits per heavy atom. The van der Waals surface area contributed by atoms with Gasteiger partial charge in [0, 0.05) is 12.7 Å². The molecule has 0 unspecified atom stereocenters. The van der Waals surface area contributed by atoms with Crippen molar-refractivity contribution >= 4 is 5.71 Å². The number of nitriles is 2. The van der Waals surface area contributed by atoms with Gasteiger partial charge >= 0.3 is 0 Å². The van der Waals surface area contributed by atoms with Crippen LogP contribution in [0.15, 0.2) is 47.5 Å². The molecule has 0 bridgehead atoms. The SMILES string of the molecule is CO[C@H]1CC[C@@]2(CC1)Oc1ccc(-c3cccc(C#N)c3)cc1C2=NC#N. The summed E-state index contributed by atoms with van der Waals surface area (Å²) in [4.78, 5) is 4.17. The Balaban J connectivity index is 1.74. The van der Waals surface area contributed by atoms with Gasteiger partial charge in [0.05, 0.1) is 17.7 Å². The average molecular weight is 357 g/mol. The molecule has 2 aromatic rings. The second kappa shape index (κ2) is 6.87. The summed E-state index contributed by atoms with van der Waals surface area (Å²) in [7, 11) is 1.73. The van der Waals surface area contributed by atoms with Crippen LogP contribution in [0.5, 0.6) is 5.75 Å². The van der Waals surface area contributed by atoms with Crippen molar-refractivity contribution < 1.29 is 9.47 Å². The highest BCUT2D eigenvalue weighted by Gasteiger charge is 2.48. The predicted octanol–water partition coefficient (Wildman–Crippen LogP) is 4.22. The second-order valence-electron chi connectivity index (χ2n) is 7.00. The van der Waals surface area contributed by atoms with Crippen molar-refractivity contribution in [2.45, 2.75) is 37.4 Å². The van der Waals surface area contributed by atoms with Gasteiger partial charge in [-0.05, 0) is 61.1 Å². The molecule has 134 valence electrons. The van der Waals surface area contributed by atoms with E-state index in [1.165, 1.54) is 0 Å². The lowest BCUT2D eigenvalue weighted by molar-refractivity contribution is 0.0143. The van der Waals surface area contributed by atoms with Gasteiger partial charge in [-0.3, -0.25) is 0 Å². The first-order valence-corrected chi connectivity index (χ1v) is 9.03. The molecule has 1 heterocycles. The third-order valence-electron chi connectivity index (χ3n) is 5.53. The minimum absolute atomic E-state index is 0.232. The summed E-state index contributed by atoms with van der Waals surface area (Å²) >= 11 is 0. The Hall–Kier alpha value is -3.15. The van der Waals surface area contributed by atoms with Gasteiger partial charge in [-0.2, -0.15) is 15.5 Å². The maximum Gasteiger partial charge on any atom is 0.206 e. The summed E-state index contributed by atoms with van der Waals surface area (Å²) in [5.41, 5.74) is 3.59. The van der Waals surface area contributed by atoms with E-state index in [9.17, 15) is 5.26 Å². The van der Waals surface area contributed by atoms with Crippen molar-refractivity contribution in [3.05, 3.63) is 53.6 Å². The van der Waals surface area contributed by atoms with Crippen molar-refractivity contribution in [2.24, 2.45) is 4.99 Å². The van der Waals surface area contributed by atoms with Crippen molar-refractivity contribution in [3.63, 3.8) is 0 Å². The van der Waals surface area contributed by atoms with Crippen LogP contribution in [0.4, 0.5) is 0 Å². The standard InChI is InChI=1S/C22H19N3O2/c1-26-18-7-9-22(10-8-18)21(25-14-24)19-12-17(5-6-20(19)27-22)16-4-2-3-15(11-16)13-23/h2-6,11-12,18H,7-10H2,1H3/t18-,22-. The first-order chi connectivity index (χ1) is 13.2. The third-order valence-corrected chi connectivity index (χ3v) is 5.53. The highest BCUT2D eigenvalue weighted by molar-refractivity contribution is 6.12. The molecule has 5 nitrogen and oxygen atoms in total. The van der Waals surface area contributed by atoms with Crippen molar-refractivity contribution in [2.75, 3.05) is 7.11 Å². The molecule has 0 N–H and O–H groups in total. The molecule has 0 radical (unpaired) electrons. The number of benzene rings is 2. The zero-order valence-electron chi connectivity index (χ0n) is 15.1. The zero-order chi connectivity index (χ0) is 18.9.